The molecule has 5 nitrogen and oxygen atoms in total. The van der Waals surface area contributed by atoms with Crippen LogP contribution in [-0.4, -0.2) is 63.3 Å². The van der Waals surface area contributed by atoms with E-state index in [1.54, 1.807) is 23.8 Å². The molecule has 0 amide bonds. The Morgan fingerprint density at radius 3 is 2.61 bits per heavy atom. The largest absolute Gasteiger partial charge is 0.299 e. The molecule has 0 radical (unpaired) electrons. The van der Waals surface area contributed by atoms with Gasteiger partial charge in [-0.15, -0.1) is 0 Å². The fraction of sp³-hybridized carbons (Fsp3) is 0.556. The van der Waals surface area contributed by atoms with Crippen LogP contribution in [0.4, 0.5) is 0 Å². The lowest BCUT2D eigenvalue weighted by Gasteiger charge is -2.41. The zero-order valence-corrected chi connectivity index (χ0v) is 13.6. The van der Waals surface area contributed by atoms with Gasteiger partial charge in [0.2, 0.25) is 0 Å². The number of hydrogen-bond donors (Lipinski definition) is 0. The highest BCUT2D eigenvalue weighted by Crippen LogP contribution is 2.25. The van der Waals surface area contributed by atoms with Crippen LogP contribution < -0.4 is 0 Å². The predicted molar refractivity (Wildman–Crippen MR) is 90.3 cm³/mol. The van der Waals surface area contributed by atoms with Gasteiger partial charge in [-0.2, -0.15) is 5.10 Å². The number of fused-ring (bicyclic) bond motifs is 1. The van der Waals surface area contributed by atoms with Crippen LogP contribution in [-0.2, 0) is 19.4 Å². The molecule has 0 saturated carbocycles. The number of hydrogen-bond acceptors (Lipinski definition) is 4. The number of aryl methyl sites for hydroxylation is 1. The number of nitrogens with zero attached hydrogens (tertiary/aromatic N) is 5. The number of rotatable bonds is 4. The van der Waals surface area contributed by atoms with Gasteiger partial charge in [0.25, 0.3) is 0 Å². The van der Waals surface area contributed by atoms with E-state index in [0.717, 1.165) is 19.1 Å². The molecule has 1 aliphatic heterocycles. The molecular formula is C18H25N5. The Balaban J connectivity index is 1.27. The van der Waals surface area contributed by atoms with Crippen molar-refractivity contribution in [1.29, 1.82) is 0 Å². The van der Waals surface area contributed by atoms with E-state index in [1.807, 2.05) is 4.68 Å². The predicted octanol–water partition coefficient (Wildman–Crippen LogP) is 1.45. The van der Waals surface area contributed by atoms with Crippen molar-refractivity contribution >= 4 is 0 Å². The lowest BCUT2D eigenvalue weighted by atomic mass is 9.87. The third-order valence-electron chi connectivity index (χ3n) is 5.36. The van der Waals surface area contributed by atoms with E-state index in [-0.39, 0.29) is 0 Å². The summed E-state index contributed by atoms with van der Waals surface area (Å²) in [5.41, 5.74) is 3.13. The topological polar surface area (TPSA) is 37.2 Å². The average Bonchev–Trinajstić information content (AvgIpc) is 3.14. The first-order valence-corrected chi connectivity index (χ1v) is 8.74. The lowest BCUT2D eigenvalue weighted by Crippen LogP contribution is -2.52. The minimum absolute atomic E-state index is 0.738. The molecule has 2 heterocycles. The molecule has 0 spiro atoms. The smallest absolute Gasteiger partial charge is 0.137 e. The number of benzene rings is 1. The van der Waals surface area contributed by atoms with Gasteiger partial charge in [-0.3, -0.25) is 14.5 Å². The van der Waals surface area contributed by atoms with Crippen molar-refractivity contribution in [3.63, 3.8) is 0 Å². The van der Waals surface area contributed by atoms with Crippen molar-refractivity contribution in [2.45, 2.75) is 31.8 Å². The standard InChI is InChI=1S/C18H25N5/c1-2-4-17-13-18(6-5-16(17)3-1)22-10-7-21(8-11-22)9-12-23-15-19-14-20-23/h1-4,14-15,18H,5-13H2/t18-/m0/s1. The molecule has 1 aliphatic carbocycles. The van der Waals surface area contributed by atoms with Crippen LogP contribution in [0.15, 0.2) is 36.9 Å². The second kappa shape index (κ2) is 6.81. The summed E-state index contributed by atoms with van der Waals surface area (Å²) < 4.78 is 1.92. The summed E-state index contributed by atoms with van der Waals surface area (Å²) in [5, 5.41) is 4.18. The summed E-state index contributed by atoms with van der Waals surface area (Å²) in [5.74, 6) is 0. The van der Waals surface area contributed by atoms with Gasteiger partial charge < -0.3 is 0 Å². The van der Waals surface area contributed by atoms with E-state index in [0.29, 0.717) is 0 Å². The van der Waals surface area contributed by atoms with Gasteiger partial charge in [-0.1, -0.05) is 24.3 Å². The summed E-state index contributed by atoms with van der Waals surface area (Å²) in [4.78, 5) is 9.26. The molecule has 0 N–H and O–H groups in total. The third kappa shape index (κ3) is 3.46. The van der Waals surface area contributed by atoms with Crippen molar-refractivity contribution in [3.8, 4) is 0 Å². The minimum Gasteiger partial charge on any atom is -0.299 e. The Morgan fingerprint density at radius 1 is 1.00 bits per heavy atom. The minimum atomic E-state index is 0.738. The molecule has 5 heteroatoms. The number of aromatic nitrogens is 3. The van der Waals surface area contributed by atoms with Crippen molar-refractivity contribution in [2.75, 3.05) is 32.7 Å². The first-order chi connectivity index (χ1) is 11.4. The molecule has 1 fully saturated rings. The molecule has 1 aromatic heterocycles. The molecule has 1 saturated heterocycles. The highest BCUT2D eigenvalue weighted by molar-refractivity contribution is 5.30. The van der Waals surface area contributed by atoms with Gasteiger partial charge in [0.05, 0.1) is 6.54 Å². The van der Waals surface area contributed by atoms with Crippen LogP contribution in [0.5, 0.6) is 0 Å². The Kier molecular flexibility index (Phi) is 4.39. The fourth-order valence-corrected chi connectivity index (χ4v) is 3.93. The van der Waals surface area contributed by atoms with Crippen molar-refractivity contribution in [2.24, 2.45) is 0 Å². The summed E-state index contributed by atoms with van der Waals surface area (Å²) in [6.07, 6.45) is 7.20. The molecular weight excluding hydrogens is 286 g/mol. The van der Waals surface area contributed by atoms with Gasteiger partial charge in [0.1, 0.15) is 12.7 Å². The second-order valence-corrected chi connectivity index (χ2v) is 6.70. The first-order valence-electron chi connectivity index (χ1n) is 8.74. The van der Waals surface area contributed by atoms with Crippen LogP contribution in [0.3, 0.4) is 0 Å². The van der Waals surface area contributed by atoms with Crippen molar-refractivity contribution < 1.29 is 0 Å². The van der Waals surface area contributed by atoms with Crippen LogP contribution in [0, 0.1) is 0 Å². The summed E-state index contributed by atoms with van der Waals surface area (Å²) in [6, 6.07) is 9.71. The Morgan fingerprint density at radius 2 is 1.83 bits per heavy atom. The van der Waals surface area contributed by atoms with Crippen LogP contribution >= 0.6 is 0 Å². The lowest BCUT2D eigenvalue weighted by molar-refractivity contribution is 0.0870. The Labute approximate surface area is 137 Å². The van der Waals surface area contributed by atoms with E-state index in [4.69, 9.17) is 0 Å². The maximum absolute atomic E-state index is 4.18. The highest BCUT2D eigenvalue weighted by atomic mass is 15.3. The number of piperazine rings is 1. The first kappa shape index (κ1) is 14.8. The van der Waals surface area contributed by atoms with E-state index in [1.165, 1.54) is 45.4 Å². The molecule has 23 heavy (non-hydrogen) atoms. The van der Waals surface area contributed by atoms with E-state index in [2.05, 4.69) is 44.1 Å². The molecule has 0 bridgehead atoms. The molecule has 2 aromatic rings. The van der Waals surface area contributed by atoms with Crippen LogP contribution in [0.2, 0.25) is 0 Å². The van der Waals surface area contributed by atoms with Crippen LogP contribution in [0.25, 0.3) is 0 Å². The van der Waals surface area contributed by atoms with Crippen molar-refractivity contribution in [1.82, 2.24) is 24.6 Å². The summed E-state index contributed by atoms with van der Waals surface area (Å²) in [7, 11) is 0. The molecule has 1 atom stereocenters. The van der Waals surface area contributed by atoms with Gasteiger partial charge >= 0.3 is 0 Å². The van der Waals surface area contributed by atoms with Gasteiger partial charge in [-0.25, -0.2) is 4.98 Å². The zero-order valence-electron chi connectivity index (χ0n) is 13.6. The molecule has 1 aromatic carbocycles. The fourth-order valence-electron chi connectivity index (χ4n) is 3.93. The molecule has 4 rings (SSSR count). The maximum atomic E-state index is 4.18. The third-order valence-corrected chi connectivity index (χ3v) is 5.36. The Hall–Kier alpha value is -1.72. The second-order valence-electron chi connectivity index (χ2n) is 6.70. The highest BCUT2D eigenvalue weighted by Gasteiger charge is 2.26. The van der Waals surface area contributed by atoms with Gasteiger partial charge in [0.15, 0.2) is 0 Å². The quantitative estimate of drug-likeness (QED) is 0.856. The van der Waals surface area contributed by atoms with Gasteiger partial charge in [0, 0.05) is 38.8 Å². The zero-order chi connectivity index (χ0) is 15.5. The van der Waals surface area contributed by atoms with E-state index in [9.17, 15) is 0 Å². The summed E-state index contributed by atoms with van der Waals surface area (Å²) >= 11 is 0. The van der Waals surface area contributed by atoms with Crippen molar-refractivity contribution in [3.05, 3.63) is 48.0 Å². The normalized spacial score (nSPS) is 22.9. The molecule has 2 aliphatic rings. The van der Waals surface area contributed by atoms with E-state index >= 15 is 0 Å². The molecule has 122 valence electrons. The molecule has 0 unspecified atom stereocenters. The Bertz CT molecular complexity index is 616. The van der Waals surface area contributed by atoms with Crippen LogP contribution in [0.1, 0.15) is 17.5 Å². The van der Waals surface area contributed by atoms with Gasteiger partial charge in [-0.05, 0) is 30.4 Å². The maximum Gasteiger partial charge on any atom is 0.137 e. The average molecular weight is 311 g/mol. The van der Waals surface area contributed by atoms with E-state index < -0.39 is 0 Å². The monoisotopic (exact) mass is 311 g/mol. The SMILES string of the molecule is c1ccc2c(c1)CC[C@H](N1CCN(CCn3cncn3)CC1)C2. The summed E-state index contributed by atoms with van der Waals surface area (Å²) in [6.45, 7) is 6.76.